The molecule has 0 radical (unpaired) electrons. The van der Waals surface area contributed by atoms with Crippen LogP contribution in [-0.2, 0) is 6.61 Å². The lowest BCUT2D eigenvalue weighted by Gasteiger charge is -2.26. The van der Waals surface area contributed by atoms with Crippen LogP contribution < -0.4 is 4.90 Å². The van der Waals surface area contributed by atoms with E-state index in [0.29, 0.717) is 12.2 Å². The van der Waals surface area contributed by atoms with E-state index in [4.69, 9.17) is 10.2 Å². The van der Waals surface area contributed by atoms with Crippen molar-refractivity contribution in [3.05, 3.63) is 18.1 Å². The van der Waals surface area contributed by atoms with Gasteiger partial charge in [-0.2, -0.15) is 0 Å². The normalized spacial score (nSPS) is 10.7. The van der Waals surface area contributed by atoms with Crippen LogP contribution in [0.4, 0.5) is 5.82 Å². The topological polar surface area (TPSA) is 69.5 Å². The zero-order valence-electron chi connectivity index (χ0n) is 9.09. The molecule has 15 heavy (non-hydrogen) atoms. The van der Waals surface area contributed by atoms with Gasteiger partial charge in [0.1, 0.15) is 5.82 Å². The Morgan fingerprint density at radius 3 is 2.40 bits per heavy atom. The van der Waals surface area contributed by atoms with Crippen molar-refractivity contribution in [2.45, 2.75) is 26.5 Å². The summed E-state index contributed by atoms with van der Waals surface area (Å²) in [4.78, 5) is 10.2. The highest BCUT2D eigenvalue weighted by Gasteiger charge is 2.11. The number of rotatable bonds is 5. The summed E-state index contributed by atoms with van der Waals surface area (Å²) in [6.45, 7) is 4.57. The highest BCUT2D eigenvalue weighted by Crippen LogP contribution is 2.11. The van der Waals surface area contributed by atoms with E-state index in [9.17, 15) is 0 Å². The van der Waals surface area contributed by atoms with Crippen molar-refractivity contribution < 1.29 is 10.2 Å². The Labute approximate surface area is 89.4 Å². The van der Waals surface area contributed by atoms with Crippen LogP contribution in [0.15, 0.2) is 12.4 Å². The Bertz CT molecular complexity index is 287. The number of aromatic nitrogens is 2. The minimum atomic E-state index is -0.102. The number of anilines is 1. The van der Waals surface area contributed by atoms with Crippen LogP contribution in [0.5, 0.6) is 0 Å². The summed E-state index contributed by atoms with van der Waals surface area (Å²) in [7, 11) is 0. The molecule has 0 unspecified atom stereocenters. The fraction of sp³-hybridized carbons (Fsp3) is 0.600. The summed E-state index contributed by atoms with van der Waals surface area (Å²) in [5, 5.41) is 17.7. The minimum Gasteiger partial charge on any atom is -0.395 e. The Hall–Kier alpha value is -1.20. The highest BCUT2D eigenvalue weighted by molar-refractivity contribution is 5.36. The first-order valence-corrected chi connectivity index (χ1v) is 4.98. The number of nitrogens with zero attached hydrogens (tertiary/aromatic N) is 3. The maximum absolute atomic E-state index is 8.92. The van der Waals surface area contributed by atoms with Crippen molar-refractivity contribution >= 4 is 5.82 Å². The summed E-state index contributed by atoms with van der Waals surface area (Å²) in [6.07, 6.45) is 3.16. The van der Waals surface area contributed by atoms with E-state index < -0.39 is 0 Å². The molecule has 0 saturated heterocycles. The third-order valence-corrected chi connectivity index (χ3v) is 2.11. The predicted molar refractivity (Wildman–Crippen MR) is 57.5 cm³/mol. The summed E-state index contributed by atoms with van der Waals surface area (Å²) in [5.41, 5.74) is 0.548. The summed E-state index contributed by atoms with van der Waals surface area (Å²) in [5.74, 6) is 0.719. The Balaban J connectivity index is 2.81. The predicted octanol–water partition coefficient (Wildman–Crippen LogP) is 0.176. The van der Waals surface area contributed by atoms with Crippen molar-refractivity contribution in [2.75, 3.05) is 18.1 Å². The molecule has 84 valence electrons. The molecule has 0 spiro atoms. The molecule has 0 aliphatic heterocycles. The molecule has 5 heteroatoms. The third kappa shape index (κ3) is 3.14. The van der Waals surface area contributed by atoms with E-state index in [2.05, 4.69) is 9.97 Å². The van der Waals surface area contributed by atoms with Crippen LogP contribution in [0, 0.1) is 0 Å². The van der Waals surface area contributed by atoms with E-state index in [-0.39, 0.29) is 19.3 Å². The zero-order chi connectivity index (χ0) is 11.3. The van der Waals surface area contributed by atoms with Crippen LogP contribution in [0.1, 0.15) is 19.5 Å². The second kappa shape index (κ2) is 5.63. The van der Waals surface area contributed by atoms with Gasteiger partial charge in [-0.3, -0.25) is 4.98 Å². The average molecular weight is 211 g/mol. The van der Waals surface area contributed by atoms with E-state index in [1.165, 1.54) is 0 Å². The molecule has 2 N–H and O–H groups in total. The third-order valence-electron chi connectivity index (χ3n) is 2.11. The quantitative estimate of drug-likeness (QED) is 0.727. The number of hydrogen-bond acceptors (Lipinski definition) is 5. The number of aliphatic hydroxyl groups is 2. The molecule has 0 aliphatic carbocycles. The van der Waals surface area contributed by atoms with Gasteiger partial charge in [-0.05, 0) is 13.8 Å². The molecule has 0 bridgehead atoms. The van der Waals surface area contributed by atoms with E-state index in [1.807, 2.05) is 18.7 Å². The van der Waals surface area contributed by atoms with Crippen molar-refractivity contribution in [3.8, 4) is 0 Å². The zero-order valence-corrected chi connectivity index (χ0v) is 9.09. The Morgan fingerprint density at radius 1 is 1.27 bits per heavy atom. The summed E-state index contributed by atoms with van der Waals surface area (Å²) >= 11 is 0. The van der Waals surface area contributed by atoms with Gasteiger partial charge in [-0.1, -0.05) is 0 Å². The maximum Gasteiger partial charge on any atom is 0.147 e. The van der Waals surface area contributed by atoms with Crippen LogP contribution in [0.3, 0.4) is 0 Å². The first-order valence-electron chi connectivity index (χ1n) is 4.98. The van der Waals surface area contributed by atoms with Gasteiger partial charge in [0, 0.05) is 12.6 Å². The second-order valence-electron chi connectivity index (χ2n) is 3.53. The first-order chi connectivity index (χ1) is 7.19. The lowest BCUT2D eigenvalue weighted by Crippen LogP contribution is -2.34. The molecule has 0 saturated carbocycles. The molecule has 0 aromatic carbocycles. The molecule has 0 fully saturated rings. The standard InChI is InChI=1S/C10H17N3O2/c1-8(2)13(3-4-14)10-6-11-9(7-15)5-12-10/h5-6,8,14-15H,3-4,7H2,1-2H3. The van der Waals surface area contributed by atoms with Crippen LogP contribution >= 0.6 is 0 Å². The van der Waals surface area contributed by atoms with Crippen LogP contribution in [0.25, 0.3) is 0 Å². The van der Waals surface area contributed by atoms with Gasteiger partial charge in [0.15, 0.2) is 0 Å². The lowest BCUT2D eigenvalue weighted by atomic mass is 10.3. The molecule has 1 rings (SSSR count). The summed E-state index contributed by atoms with van der Waals surface area (Å²) in [6, 6.07) is 0.256. The van der Waals surface area contributed by atoms with Crippen LogP contribution in [0.2, 0.25) is 0 Å². The van der Waals surface area contributed by atoms with Gasteiger partial charge in [0.25, 0.3) is 0 Å². The van der Waals surface area contributed by atoms with Gasteiger partial charge in [-0.15, -0.1) is 0 Å². The number of aliphatic hydroxyl groups excluding tert-OH is 2. The average Bonchev–Trinajstić information content (AvgIpc) is 2.26. The van der Waals surface area contributed by atoms with Crippen molar-refractivity contribution in [3.63, 3.8) is 0 Å². The Kier molecular flexibility index (Phi) is 4.45. The number of hydrogen-bond donors (Lipinski definition) is 2. The van der Waals surface area contributed by atoms with Gasteiger partial charge in [0.2, 0.25) is 0 Å². The molecule has 1 aromatic rings. The van der Waals surface area contributed by atoms with E-state index in [1.54, 1.807) is 12.4 Å². The fourth-order valence-corrected chi connectivity index (χ4v) is 1.32. The smallest absolute Gasteiger partial charge is 0.147 e. The largest absolute Gasteiger partial charge is 0.395 e. The van der Waals surface area contributed by atoms with Gasteiger partial charge in [0.05, 0.1) is 31.3 Å². The van der Waals surface area contributed by atoms with Crippen LogP contribution in [-0.4, -0.2) is 39.4 Å². The van der Waals surface area contributed by atoms with Crippen molar-refractivity contribution in [1.82, 2.24) is 9.97 Å². The lowest BCUT2D eigenvalue weighted by molar-refractivity contribution is 0.276. The fourth-order valence-electron chi connectivity index (χ4n) is 1.32. The monoisotopic (exact) mass is 211 g/mol. The molecule has 1 heterocycles. The van der Waals surface area contributed by atoms with Crippen molar-refractivity contribution in [1.29, 1.82) is 0 Å². The minimum absolute atomic E-state index is 0.0849. The SMILES string of the molecule is CC(C)N(CCO)c1cnc(CO)cn1. The Morgan fingerprint density at radius 2 is 2.00 bits per heavy atom. The highest BCUT2D eigenvalue weighted by atomic mass is 16.3. The summed E-state index contributed by atoms with van der Waals surface area (Å²) < 4.78 is 0. The van der Waals surface area contributed by atoms with Crippen molar-refractivity contribution in [2.24, 2.45) is 0 Å². The van der Waals surface area contributed by atoms with Gasteiger partial charge in [-0.25, -0.2) is 4.98 Å². The molecule has 5 nitrogen and oxygen atoms in total. The molecule has 0 atom stereocenters. The van der Waals surface area contributed by atoms with E-state index >= 15 is 0 Å². The molecule has 1 aromatic heterocycles. The van der Waals surface area contributed by atoms with Gasteiger partial charge < -0.3 is 15.1 Å². The molecule has 0 aliphatic rings. The van der Waals surface area contributed by atoms with Gasteiger partial charge >= 0.3 is 0 Å². The maximum atomic E-state index is 8.92. The van der Waals surface area contributed by atoms with E-state index in [0.717, 1.165) is 5.82 Å². The first kappa shape index (κ1) is 11.9. The molecular weight excluding hydrogens is 194 g/mol. The second-order valence-corrected chi connectivity index (χ2v) is 3.53. The molecule has 0 amide bonds. The molecular formula is C10H17N3O2.